The van der Waals surface area contributed by atoms with E-state index in [1.165, 1.54) is 0 Å². The van der Waals surface area contributed by atoms with Gasteiger partial charge in [0.25, 0.3) is 0 Å². The van der Waals surface area contributed by atoms with Crippen LogP contribution < -0.4 is 20.9 Å². The summed E-state index contributed by atoms with van der Waals surface area (Å²) in [5, 5.41) is 15.6. The Kier molecular flexibility index (Phi) is 10.7. The van der Waals surface area contributed by atoms with Crippen LogP contribution in [0.5, 0.6) is 5.75 Å². The molecule has 39 heavy (non-hydrogen) atoms. The second-order valence-electron chi connectivity index (χ2n) is 11.4. The zero-order valence-electron chi connectivity index (χ0n) is 23.8. The van der Waals surface area contributed by atoms with E-state index < -0.39 is 14.4 Å². The molecular formula is C30H43N3O5Si. The molecule has 4 N–H and O–H groups in total. The molecule has 1 atom stereocenters. The minimum absolute atomic E-state index is 0.0330. The van der Waals surface area contributed by atoms with Crippen molar-refractivity contribution in [3.63, 3.8) is 0 Å². The van der Waals surface area contributed by atoms with Crippen LogP contribution in [-0.4, -0.2) is 44.1 Å². The molecule has 0 unspecified atom stereocenters. The molecule has 1 heterocycles. The highest BCUT2D eigenvalue weighted by molar-refractivity contribution is 6.74. The molecular weight excluding hydrogens is 510 g/mol. The lowest BCUT2D eigenvalue weighted by atomic mass is 10.0. The number of H-pyrrole nitrogens is 1. The second kappa shape index (κ2) is 13.8. The number of aromatic amines is 1. The van der Waals surface area contributed by atoms with Gasteiger partial charge in [0.1, 0.15) is 12.4 Å². The molecule has 212 valence electrons. The van der Waals surface area contributed by atoms with E-state index in [0.29, 0.717) is 31.0 Å². The number of benzene rings is 2. The quantitative estimate of drug-likeness (QED) is 0.140. The van der Waals surface area contributed by atoms with E-state index in [1.807, 2.05) is 42.5 Å². The first kappa shape index (κ1) is 30.4. The molecule has 0 spiro atoms. The highest BCUT2D eigenvalue weighted by atomic mass is 28.4. The maximum Gasteiger partial charge on any atom is 0.404 e. The van der Waals surface area contributed by atoms with Crippen molar-refractivity contribution in [2.75, 3.05) is 19.6 Å². The summed E-state index contributed by atoms with van der Waals surface area (Å²) in [6.45, 7) is 13.5. The fourth-order valence-electron chi connectivity index (χ4n) is 4.11. The van der Waals surface area contributed by atoms with Crippen LogP contribution in [0, 0.1) is 0 Å². The first-order chi connectivity index (χ1) is 18.5. The standard InChI is InChI=1S/C30H43N3O5Si/c1-30(2,3)39(4,5)38-26(20-31-18-10-7-11-19-32-29(35)36)23-14-16-25(28-24(23)15-17-27(34)33-28)37-21-22-12-8-6-9-13-22/h6,8-9,12-17,26,31-32H,7,10-11,18-21H2,1-5H3,(H,33,34)(H,35,36)/t26-/m1/s1. The first-order valence-corrected chi connectivity index (χ1v) is 16.6. The molecule has 0 saturated carbocycles. The van der Waals surface area contributed by atoms with Gasteiger partial charge in [0.05, 0.1) is 11.6 Å². The molecule has 1 amide bonds. The van der Waals surface area contributed by atoms with Gasteiger partial charge in [0.2, 0.25) is 5.56 Å². The topological polar surface area (TPSA) is 113 Å². The molecule has 0 fully saturated rings. The monoisotopic (exact) mass is 553 g/mol. The van der Waals surface area contributed by atoms with E-state index in [-0.39, 0.29) is 16.7 Å². The number of pyridine rings is 1. The second-order valence-corrected chi connectivity index (χ2v) is 16.2. The highest BCUT2D eigenvalue weighted by Crippen LogP contribution is 2.41. The molecule has 0 bridgehead atoms. The highest BCUT2D eigenvalue weighted by Gasteiger charge is 2.39. The third-order valence-electron chi connectivity index (χ3n) is 7.35. The summed E-state index contributed by atoms with van der Waals surface area (Å²) >= 11 is 0. The van der Waals surface area contributed by atoms with Crippen molar-refractivity contribution in [3.05, 3.63) is 76.1 Å². The smallest absolute Gasteiger partial charge is 0.404 e. The number of carboxylic acid groups (broad SMARTS) is 1. The minimum Gasteiger partial charge on any atom is -0.487 e. The number of ether oxygens (including phenoxy) is 1. The van der Waals surface area contributed by atoms with Crippen molar-refractivity contribution in [1.29, 1.82) is 0 Å². The van der Waals surface area contributed by atoms with Gasteiger partial charge in [-0.15, -0.1) is 0 Å². The van der Waals surface area contributed by atoms with Gasteiger partial charge in [0.15, 0.2) is 8.32 Å². The van der Waals surface area contributed by atoms with E-state index >= 15 is 0 Å². The van der Waals surface area contributed by atoms with Crippen molar-refractivity contribution >= 4 is 25.3 Å². The van der Waals surface area contributed by atoms with Crippen molar-refractivity contribution in [3.8, 4) is 5.75 Å². The summed E-state index contributed by atoms with van der Waals surface area (Å²) in [4.78, 5) is 25.9. The Morgan fingerprint density at radius 3 is 2.41 bits per heavy atom. The van der Waals surface area contributed by atoms with Gasteiger partial charge in [-0.1, -0.05) is 63.6 Å². The Morgan fingerprint density at radius 2 is 1.72 bits per heavy atom. The van der Waals surface area contributed by atoms with Gasteiger partial charge in [-0.25, -0.2) is 4.79 Å². The summed E-state index contributed by atoms with van der Waals surface area (Å²) in [6, 6.07) is 17.3. The Hall–Kier alpha value is -3.14. The SMILES string of the molecule is CC(C)(C)[Si](C)(C)O[C@H](CNCCCCCNC(=O)O)c1ccc(OCc2ccccc2)c2[nH]c(=O)ccc12. The largest absolute Gasteiger partial charge is 0.487 e. The number of rotatable bonds is 14. The van der Waals surface area contributed by atoms with E-state index in [9.17, 15) is 9.59 Å². The van der Waals surface area contributed by atoms with Gasteiger partial charge in [-0.3, -0.25) is 4.79 Å². The lowest BCUT2D eigenvalue weighted by molar-refractivity contribution is 0.181. The number of hydrogen-bond donors (Lipinski definition) is 4. The van der Waals surface area contributed by atoms with Crippen LogP contribution in [0.1, 0.15) is 57.3 Å². The molecule has 1 aromatic heterocycles. The van der Waals surface area contributed by atoms with Gasteiger partial charge in [0, 0.05) is 24.5 Å². The van der Waals surface area contributed by atoms with Crippen LogP contribution in [0.25, 0.3) is 10.9 Å². The zero-order valence-corrected chi connectivity index (χ0v) is 24.8. The lowest BCUT2D eigenvalue weighted by Gasteiger charge is -2.39. The number of amides is 1. The molecule has 0 saturated heterocycles. The Balaban J connectivity index is 1.82. The summed E-state index contributed by atoms with van der Waals surface area (Å²) in [6.07, 6.45) is 1.48. The molecule has 2 aromatic carbocycles. The van der Waals surface area contributed by atoms with E-state index in [4.69, 9.17) is 14.3 Å². The normalized spacial score (nSPS) is 12.8. The maximum absolute atomic E-state index is 12.3. The molecule has 0 radical (unpaired) electrons. The zero-order chi connectivity index (χ0) is 28.5. The van der Waals surface area contributed by atoms with Crippen LogP contribution >= 0.6 is 0 Å². The van der Waals surface area contributed by atoms with Gasteiger partial charge >= 0.3 is 6.09 Å². The van der Waals surface area contributed by atoms with E-state index in [2.05, 4.69) is 55.5 Å². The van der Waals surface area contributed by atoms with E-state index in [1.54, 1.807) is 6.07 Å². The van der Waals surface area contributed by atoms with Crippen LogP contribution in [0.4, 0.5) is 4.79 Å². The number of nitrogens with one attached hydrogen (secondary N) is 3. The summed E-state index contributed by atoms with van der Waals surface area (Å²) in [5.74, 6) is 0.629. The Morgan fingerprint density at radius 1 is 1.00 bits per heavy atom. The van der Waals surface area contributed by atoms with Gasteiger partial charge in [-0.05, 0) is 60.8 Å². The van der Waals surface area contributed by atoms with Crippen molar-refractivity contribution in [2.45, 2.75) is 70.9 Å². The number of aromatic nitrogens is 1. The van der Waals surface area contributed by atoms with Crippen molar-refractivity contribution in [1.82, 2.24) is 15.6 Å². The lowest BCUT2D eigenvalue weighted by Crippen LogP contribution is -2.43. The number of fused-ring (bicyclic) bond motifs is 1. The summed E-state index contributed by atoms with van der Waals surface area (Å²) in [5.41, 5.74) is 2.55. The van der Waals surface area contributed by atoms with E-state index in [0.717, 1.165) is 42.3 Å². The van der Waals surface area contributed by atoms with Crippen LogP contribution in [0.2, 0.25) is 18.1 Å². The van der Waals surface area contributed by atoms with Crippen LogP contribution in [0.3, 0.4) is 0 Å². The predicted molar refractivity (Wildman–Crippen MR) is 159 cm³/mol. The number of unbranched alkanes of at least 4 members (excludes halogenated alkanes) is 2. The first-order valence-electron chi connectivity index (χ1n) is 13.7. The Labute approximate surface area is 232 Å². The van der Waals surface area contributed by atoms with Crippen molar-refractivity contribution < 1.29 is 19.1 Å². The summed E-state index contributed by atoms with van der Waals surface area (Å²) in [7, 11) is -2.13. The van der Waals surface area contributed by atoms with Crippen molar-refractivity contribution in [2.24, 2.45) is 0 Å². The average molecular weight is 554 g/mol. The fourth-order valence-corrected chi connectivity index (χ4v) is 5.39. The predicted octanol–water partition coefficient (Wildman–Crippen LogP) is 6.20. The van der Waals surface area contributed by atoms with Crippen LogP contribution in [-0.2, 0) is 11.0 Å². The molecule has 8 nitrogen and oxygen atoms in total. The molecule has 3 aromatic rings. The maximum atomic E-state index is 12.3. The van der Waals surface area contributed by atoms with Crippen LogP contribution in [0.15, 0.2) is 59.4 Å². The number of carbonyl (C=O) groups is 1. The Bertz CT molecular complexity index is 1270. The molecule has 0 aliphatic heterocycles. The third kappa shape index (κ3) is 8.95. The molecule has 0 aliphatic rings. The molecule has 9 heteroatoms. The molecule has 0 aliphatic carbocycles. The average Bonchev–Trinajstić information content (AvgIpc) is 2.87. The summed E-state index contributed by atoms with van der Waals surface area (Å²) < 4.78 is 13.1. The minimum atomic E-state index is -2.13. The number of hydrogen-bond acceptors (Lipinski definition) is 5. The third-order valence-corrected chi connectivity index (χ3v) is 11.8. The molecule has 3 rings (SSSR count). The van der Waals surface area contributed by atoms with Gasteiger partial charge < -0.3 is 29.9 Å². The van der Waals surface area contributed by atoms with Gasteiger partial charge in [-0.2, -0.15) is 0 Å². The fraction of sp³-hybridized carbons (Fsp3) is 0.467.